The summed E-state index contributed by atoms with van der Waals surface area (Å²) in [6, 6.07) is 4.88. The molecule has 1 heterocycles. The van der Waals surface area contributed by atoms with E-state index in [0.29, 0.717) is 17.7 Å². The summed E-state index contributed by atoms with van der Waals surface area (Å²) in [4.78, 5) is 14.9. The summed E-state index contributed by atoms with van der Waals surface area (Å²) in [6.07, 6.45) is 0. The fourth-order valence-electron chi connectivity index (χ4n) is 1.52. The average Bonchev–Trinajstić information content (AvgIpc) is 2.26. The third-order valence-corrected chi connectivity index (χ3v) is 2.73. The fourth-order valence-corrected chi connectivity index (χ4v) is 1.96. The number of fused-ring (bicyclic) bond motifs is 1. The van der Waals surface area contributed by atoms with Crippen molar-refractivity contribution in [3.63, 3.8) is 0 Å². The van der Waals surface area contributed by atoms with Gasteiger partial charge in [-0.2, -0.15) is 4.98 Å². The van der Waals surface area contributed by atoms with Crippen LogP contribution in [0.3, 0.4) is 0 Å². The molecule has 0 aliphatic carbocycles. The van der Waals surface area contributed by atoms with Crippen molar-refractivity contribution < 1.29 is 9.15 Å². The molecule has 0 aliphatic heterocycles. The molecule has 0 saturated heterocycles. The molecule has 7 heteroatoms. The van der Waals surface area contributed by atoms with E-state index in [1.807, 2.05) is 6.92 Å². The molecule has 0 fully saturated rings. The van der Waals surface area contributed by atoms with Gasteiger partial charge in [-0.25, -0.2) is 4.79 Å². The number of ether oxygens (including phenoxy) is 1. The van der Waals surface area contributed by atoms with Gasteiger partial charge in [0.15, 0.2) is 0 Å². The van der Waals surface area contributed by atoms with E-state index in [0.717, 1.165) is 0 Å². The van der Waals surface area contributed by atoms with Crippen LogP contribution in [0.15, 0.2) is 27.4 Å². The number of nitrogens with zero attached hydrogens (tertiary/aromatic N) is 1. The highest BCUT2D eigenvalue weighted by Crippen LogP contribution is 2.40. The second kappa shape index (κ2) is 4.96. The van der Waals surface area contributed by atoms with Gasteiger partial charge in [0.2, 0.25) is 3.79 Å². The summed E-state index contributed by atoms with van der Waals surface area (Å²) in [7, 11) is 0. The van der Waals surface area contributed by atoms with Gasteiger partial charge in [0.1, 0.15) is 17.0 Å². The Balaban J connectivity index is 2.71. The van der Waals surface area contributed by atoms with E-state index in [2.05, 4.69) is 4.98 Å². The number of rotatable bonds is 2. The Kier molecular flexibility index (Phi) is 3.71. The minimum absolute atomic E-state index is 0.0433. The molecule has 0 unspecified atom stereocenters. The highest BCUT2D eigenvalue weighted by atomic mass is 35.6. The Bertz CT molecular complexity index is 633. The Morgan fingerprint density at radius 1 is 1.39 bits per heavy atom. The minimum Gasteiger partial charge on any atom is -0.494 e. The molecule has 0 N–H and O–H groups in total. The van der Waals surface area contributed by atoms with Crippen molar-refractivity contribution in [2.45, 2.75) is 10.7 Å². The number of alkyl halides is 3. The zero-order chi connectivity index (χ0) is 13.3. The Hall–Kier alpha value is -0.970. The predicted molar refractivity (Wildman–Crippen MR) is 70.7 cm³/mol. The van der Waals surface area contributed by atoms with Gasteiger partial charge in [-0.05, 0) is 19.1 Å². The SMILES string of the molecule is CCOc1ccc2c(C(Cl)(Cl)Cl)nc(=O)oc2c1. The number of halogens is 3. The summed E-state index contributed by atoms with van der Waals surface area (Å²) in [6.45, 7) is 2.35. The third kappa shape index (κ3) is 2.71. The Morgan fingerprint density at radius 2 is 2.11 bits per heavy atom. The molecule has 0 amide bonds. The number of hydrogen-bond donors (Lipinski definition) is 0. The molecule has 0 aliphatic rings. The zero-order valence-corrected chi connectivity index (χ0v) is 11.5. The molecule has 18 heavy (non-hydrogen) atoms. The molecule has 1 aromatic carbocycles. The highest BCUT2D eigenvalue weighted by molar-refractivity contribution is 6.67. The topological polar surface area (TPSA) is 52.3 Å². The van der Waals surface area contributed by atoms with Crippen LogP contribution in [0.1, 0.15) is 12.6 Å². The van der Waals surface area contributed by atoms with Crippen LogP contribution < -0.4 is 10.5 Å². The van der Waals surface area contributed by atoms with Crippen LogP contribution in [0, 0.1) is 0 Å². The van der Waals surface area contributed by atoms with Gasteiger partial charge >= 0.3 is 5.76 Å². The normalized spacial score (nSPS) is 11.8. The quantitative estimate of drug-likeness (QED) is 0.798. The van der Waals surface area contributed by atoms with Crippen LogP contribution in [-0.2, 0) is 3.79 Å². The van der Waals surface area contributed by atoms with Crippen molar-refractivity contribution in [3.8, 4) is 5.75 Å². The lowest BCUT2D eigenvalue weighted by Crippen LogP contribution is -2.14. The highest BCUT2D eigenvalue weighted by Gasteiger charge is 2.28. The van der Waals surface area contributed by atoms with Gasteiger partial charge in [0.25, 0.3) is 0 Å². The van der Waals surface area contributed by atoms with Gasteiger partial charge in [-0.1, -0.05) is 34.8 Å². The first-order valence-electron chi connectivity index (χ1n) is 5.06. The molecule has 0 bridgehead atoms. The molecule has 0 saturated carbocycles. The van der Waals surface area contributed by atoms with E-state index in [9.17, 15) is 4.79 Å². The first kappa shape index (κ1) is 13.5. The summed E-state index contributed by atoms with van der Waals surface area (Å²) in [5.41, 5.74) is 0.309. The van der Waals surface area contributed by atoms with Crippen molar-refractivity contribution in [1.82, 2.24) is 4.98 Å². The molecule has 2 rings (SSSR count). The summed E-state index contributed by atoms with van der Waals surface area (Å²) in [5.74, 6) is -0.257. The molecule has 96 valence electrons. The fraction of sp³-hybridized carbons (Fsp3) is 0.273. The molecule has 2 aromatic rings. The van der Waals surface area contributed by atoms with E-state index in [4.69, 9.17) is 44.0 Å². The number of aromatic nitrogens is 1. The molecule has 4 nitrogen and oxygen atoms in total. The van der Waals surface area contributed by atoms with Crippen molar-refractivity contribution in [2.24, 2.45) is 0 Å². The van der Waals surface area contributed by atoms with E-state index >= 15 is 0 Å². The van der Waals surface area contributed by atoms with E-state index < -0.39 is 9.55 Å². The van der Waals surface area contributed by atoms with Gasteiger partial charge in [-0.15, -0.1) is 0 Å². The maximum absolute atomic E-state index is 11.3. The van der Waals surface area contributed by atoms with Crippen molar-refractivity contribution >= 4 is 45.8 Å². The minimum atomic E-state index is -1.79. The Labute approximate surface area is 117 Å². The largest absolute Gasteiger partial charge is 0.494 e. The molecule has 0 radical (unpaired) electrons. The van der Waals surface area contributed by atoms with Crippen LogP contribution in [-0.4, -0.2) is 11.6 Å². The predicted octanol–water partition coefficient (Wildman–Crippen LogP) is 3.41. The van der Waals surface area contributed by atoms with Crippen LogP contribution in [0.4, 0.5) is 0 Å². The van der Waals surface area contributed by atoms with Gasteiger partial charge < -0.3 is 9.15 Å². The van der Waals surface area contributed by atoms with Crippen LogP contribution in [0.5, 0.6) is 5.75 Å². The second-order valence-corrected chi connectivity index (χ2v) is 5.70. The van der Waals surface area contributed by atoms with Crippen LogP contribution >= 0.6 is 34.8 Å². The van der Waals surface area contributed by atoms with Gasteiger partial charge in [0, 0.05) is 11.5 Å². The van der Waals surface area contributed by atoms with Gasteiger partial charge in [0.05, 0.1) is 6.61 Å². The lowest BCUT2D eigenvalue weighted by atomic mass is 10.2. The van der Waals surface area contributed by atoms with E-state index in [1.54, 1.807) is 18.2 Å². The summed E-state index contributed by atoms with van der Waals surface area (Å²) in [5, 5.41) is 0.457. The average molecular weight is 309 g/mol. The lowest BCUT2D eigenvalue weighted by molar-refractivity contribution is 0.340. The van der Waals surface area contributed by atoms with Crippen LogP contribution in [0.2, 0.25) is 0 Å². The lowest BCUT2D eigenvalue weighted by Gasteiger charge is -2.12. The van der Waals surface area contributed by atoms with Crippen molar-refractivity contribution in [2.75, 3.05) is 6.61 Å². The van der Waals surface area contributed by atoms with E-state index in [-0.39, 0.29) is 11.3 Å². The third-order valence-electron chi connectivity index (χ3n) is 2.19. The second-order valence-electron chi connectivity index (χ2n) is 3.42. The maximum Gasteiger partial charge on any atom is 0.439 e. The summed E-state index contributed by atoms with van der Waals surface area (Å²) >= 11 is 17.3. The molecular formula is C11H8Cl3NO3. The van der Waals surface area contributed by atoms with Crippen LogP contribution in [0.25, 0.3) is 11.0 Å². The molecule has 0 spiro atoms. The molecule has 0 atom stereocenters. The number of benzene rings is 1. The number of hydrogen-bond acceptors (Lipinski definition) is 4. The van der Waals surface area contributed by atoms with E-state index in [1.165, 1.54) is 0 Å². The monoisotopic (exact) mass is 307 g/mol. The van der Waals surface area contributed by atoms with Crippen molar-refractivity contribution in [1.29, 1.82) is 0 Å². The standard InChI is InChI=1S/C11H8Cl3NO3/c1-2-17-6-3-4-7-8(5-6)18-10(16)15-9(7)11(12,13)14/h3-5H,2H2,1H3. The maximum atomic E-state index is 11.3. The Morgan fingerprint density at radius 3 is 2.72 bits per heavy atom. The molecule has 1 aromatic heterocycles. The first-order valence-corrected chi connectivity index (χ1v) is 6.20. The summed E-state index contributed by atoms with van der Waals surface area (Å²) < 4.78 is 8.47. The smallest absolute Gasteiger partial charge is 0.439 e. The zero-order valence-electron chi connectivity index (χ0n) is 9.25. The molecular weight excluding hydrogens is 300 g/mol. The van der Waals surface area contributed by atoms with Crippen molar-refractivity contribution in [3.05, 3.63) is 34.4 Å². The first-order chi connectivity index (χ1) is 8.41. The van der Waals surface area contributed by atoms with Gasteiger partial charge in [-0.3, -0.25) is 0 Å².